The predicted molar refractivity (Wildman–Crippen MR) is 114 cm³/mol. The van der Waals surface area contributed by atoms with Crippen LogP contribution in [0, 0.1) is 0 Å². The summed E-state index contributed by atoms with van der Waals surface area (Å²) in [5, 5.41) is 6.92. The Balaban J connectivity index is 1.34. The first-order valence-electron chi connectivity index (χ1n) is 11.2. The average Bonchev–Trinajstić information content (AvgIpc) is 3.27. The second-order valence-corrected chi connectivity index (χ2v) is 9.28. The highest BCUT2D eigenvalue weighted by molar-refractivity contribution is 5.80. The van der Waals surface area contributed by atoms with Crippen molar-refractivity contribution >= 4 is 12.1 Å². The molecule has 3 aliphatic heterocycles. The van der Waals surface area contributed by atoms with E-state index in [4.69, 9.17) is 14.5 Å². The third kappa shape index (κ3) is 6.74. The van der Waals surface area contributed by atoms with Gasteiger partial charge in [-0.1, -0.05) is 0 Å². The lowest BCUT2D eigenvalue weighted by atomic mass is 9.96. The second-order valence-electron chi connectivity index (χ2n) is 9.28. The molecule has 3 aliphatic rings. The zero-order chi connectivity index (χ0) is 20.9. The smallest absolute Gasteiger partial charge is 0.410 e. The summed E-state index contributed by atoms with van der Waals surface area (Å²) >= 11 is 0. The van der Waals surface area contributed by atoms with Crippen LogP contribution in [0.3, 0.4) is 0 Å². The Morgan fingerprint density at radius 2 is 1.97 bits per heavy atom. The molecular formula is C21H39N5O3. The number of hydrogen-bond donors (Lipinski definition) is 2. The zero-order valence-electron chi connectivity index (χ0n) is 18.6. The standard InChI is InChI=1S/C21H39N5O3/c1-5-22-19(24-17-15-16-7-8-18(17)28-16)23-9-6-10-25-11-13-26(14-12-25)20(27)29-21(2,3)4/h16-18H,5-15H2,1-4H3,(H2,22,23,24). The first kappa shape index (κ1) is 22.2. The fraction of sp³-hybridized carbons (Fsp3) is 0.905. The number of amides is 1. The van der Waals surface area contributed by atoms with Crippen molar-refractivity contribution in [2.24, 2.45) is 4.99 Å². The molecule has 2 N–H and O–H groups in total. The Hall–Kier alpha value is -1.54. The largest absolute Gasteiger partial charge is 0.444 e. The third-order valence-electron chi connectivity index (χ3n) is 5.70. The molecule has 3 saturated heterocycles. The van der Waals surface area contributed by atoms with Gasteiger partial charge in [-0.05, 0) is 53.4 Å². The minimum Gasteiger partial charge on any atom is -0.444 e. The molecule has 0 spiro atoms. The van der Waals surface area contributed by atoms with E-state index >= 15 is 0 Å². The van der Waals surface area contributed by atoms with Gasteiger partial charge in [-0.15, -0.1) is 0 Å². The van der Waals surface area contributed by atoms with E-state index in [0.29, 0.717) is 18.2 Å². The average molecular weight is 410 g/mol. The van der Waals surface area contributed by atoms with Crippen molar-refractivity contribution in [2.75, 3.05) is 45.8 Å². The van der Waals surface area contributed by atoms with E-state index in [1.54, 1.807) is 0 Å². The number of rotatable bonds is 6. The van der Waals surface area contributed by atoms with Gasteiger partial charge >= 0.3 is 6.09 Å². The van der Waals surface area contributed by atoms with Crippen LogP contribution in [0.1, 0.15) is 53.4 Å². The maximum atomic E-state index is 12.2. The van der Waals surface area contributed by atoms with Gasteiger partial charge in [-0.3, -0.25) is 9.89 Å². The Kier molecular flexibility index (Phi) is 7.62. The van der Waals surface area contributed by atoms with E-state index < -0.39 is 5.60 Å². The van der Waals surface area contributed by atoms with Crippen molar-refractivity contribution in [3.63, 3.8) is 0 Å². The van der Waals surface area contributed by atoms with Gasteiger partial charge in [-0.2, -0.15) is 0 Å². The Bertz CT molecular complexity index is 569. The van der Waals surface area contributed by atoms with Crippen LogP contribution in [0.15, 0.2) is 4.99 Å². The van der Waals surface area contributed by atoms with Crippen LogP contribution in [-0.4, -0.2) is 91.5 Å². The highest BCUT2D eigenvalue weighted by atomic mass is 16.6. The van der Waals surface area contributed by atoms with Crippen molar-refractivity contribution in [2.45, 2.75) is 77.2 Å². The van der Waals surface area contributed by atoms with E-state index in [-0.39, 0.29) is 6.09 Å². The molecule has 8 nitrogen and oxygen atoms in total. The Morgan fingerprint density at radius 3 is 2.55 bits per heavy atom. The number of nitrogens with one attached hydrogen (secondary N) is 2. The van der Waals surface area contributed by atoms with E-state index in [2.05, 4.69) is 22.5 Å². The highest BCUT2D eigenvalue weighted by Gasteiger charge is 2.41. The number of carbonyl (C=O) groups is 1. The third-order valence-corrected chi connectivity index (χ3v) is 5.70. The first-order valence-corrected chi connectivity index (χ1v) is 11.2. The zero-order valence-corrected chi connectivity index (χ0v) is 18.6. The van der Waals surface area contributed by atoms with Gasteiger partial charge in [0.25, 0.3) is 0 Å². The molecule has 3 atom stereocenters. The number of ether oxygens (including phenoxy) is 2. The van der Waals surface area contributed by atoms with E-state index in [1.807, 2.05) is 25.7 Å². The lowest BCUT2D eigenvalue weighted by Crippen LogP contribution is -2.50. The molecule has 3 unspecified atom stereocenters. The summed E-state index contributed by atoms with van der Waals surface area (Å²) in [5.41, 5.74) is -0.436. The molecule has 0 aromatic heterocycles. The lowest BCUT2D eigenvalue weighted by Gasteiger charge is -2.35. The number of aliphatic imine (C=N–C) groups is 1. The minimum atomic E-state index is -0.436. The number of nitrogens with zero attached hydrogens (tertiary/aromatic N) is 3. The molecule has 166 valence electrons. The van der Waals surface area contributed by atoms with E-state index in [0.717, 1.165) is 71.0 Å². The maximum Gasteiger partial charge on any atom is 0.410 e. The van der Waals surface area contributed by atoms with Gasteiger partial charge in [0, 0.05) is 45.8 Å². The molecule has 3 fully saturated rings. The van der Waals surface area contributed by atoms with Gasteiger partial charge < -0.3 is 25.0 Å². The second kappa shape index (κ2) is 9.98. The fourth-order valence-corrected chi connectivity index (χ4v) is 4.25. The molecule has 2 bridgehead atoms. The molecule has 0 saturated carbocycles. The molecule has 8 heteroatoms. The summed E-state index contributed by atoms with van der Waals surface area (Å²) in [6.07, 6.45) is 5.07. The molecule has 0 aromatic rings. The van der Waals surface area contributed by atoms with Crippen molar-refractivity contribution in [3.8, 4) is 0 Å². The fourth-order valence-electron chi connectivity index (χ4n) is 4.25. The van der Waals surface area contributed by atoms with Gasteiger partial charge in [-0.25, -0.2) is 4.79 Å². The predicted octanol–water partition coefficient (Wildman–Crippen LogP) is 1.80. The number of guanidine groups is 1. The number of piperazine rings is 1. The van der Waals surface area contributed by atoms with Crippen molar-refractivity contribution in [3.05, 3.63) is 0 Å². The van der Waals surface area contributed by atoms with Gasteiger partial charge in [0.05, 0.1) is 18.2 Å². The number of fused-ring (bicyclic) bond motifs is 2. The maximum absolute atomic E-state index is 12.2. The summed E-state index contributed by atoms with van der Waals surface area (Å²) < 4.78 is 11.4. The van der Waals surface area contributed by atoms with Crippen molar-refractivity contribution in [1.82, 2.24) is 20.4 Å². The SMILES string of the molecule is CCNC(=NCCCN1CCN(C(=O)OC(C)(C)C)CC1)NC1CC2CCC1O2. The highest BCUT2D eigenvalue weighted by Crippen LogP contribution is 2.34. The van der Waals surface area contributed by atoms with Crippen LogP contribution in [-0.2, 0) is 9.47 Å². The van der Waals surface area contributed by atoms with E-state index in [1.165, 1.54) is 6.42 Å². The summed E-state index contributed by atoms with van der Waals surface area (Å²) in [5.74, 6) is 0.906. The van der Waals surface area contributed by atoms with E-state index in [9.17, 15) is 4.79 Å². The van der Waals surface area contributed by atoms with Crippen LogP contribution in [0.5, 0.6) is 0 Å². The van der Waals surface area contributed by atoms with Crippen LogP contribution in [0.2, 0.25) is 0 Å². The molecule has 29 heavy (non-hydrogen) atoms. The van der Waals surface area contributed by atoms with Gasteiger partial charge in [0.2, 0.25) is 0 Å². The molecule has 1 amide bonds. The monoisotopic (exact) mass is 409 g/mol. The first-order chi connectivity index (χ1) is 13.8. The summed E-state index contributed by atoms with van der Waals surface area (Å²) in [6.45, 7) is 13.7. The molecule has 0 aromatic carbocycles. The molecule has 3 heterocycles. The molecule has 0 aliphatic carbocycles. The Morgan fingerprint density at radius 1 is 1.21 bits per heavy atom. The number of hydrogen-bond acceptors (Lipinski definition) is 5. The lowest BCUT2D eigenvalue weighted by molar-refractivity contribution is 0.0145. The van der Waals surface area contributed by atoms with Crippen LogP contribution < -0.4 is 10.6 Å². The Labute approximate surface area is 175 Å². The topological polar surface area (TPSA) is 78.4 Å². The summed E-state index contributed by atoms with van der Waals surface area (Å²) in [6, 6.07) is 0.396. The molecule has 3 rings (SSSR count). The minimum absolute atomic E-state index is 0.201. The molecule has 0 radical (unpaired) electrons. The van der Waals surface area contributed by atoms with Gasteiger partial charge in [0.1, 0.15) is 5.60 Å². The van der Waals surface area contributed by atoms with Crippen molar-refractivity contribution in [1.29, 1.82) is 0 Å². The normalized spacial score (nSPS) is 27.9. The summed E-state index contributed by atoms with van der Waals surface area (Å²) in [4.78, 5) is 21.1. The number of carbonyl (C=O) groups excluding carboxylic acids is 1. The quantitative estimate of drug-likeness (QED) is 0.396. The van der Waals surface area contributed by atoms with Crippen molar-refractivity contribution < 1.29 is 14.3 Å². The summed E-state index contributed by atoms with van der Waals surface area (Å²) in [7, 11) is 0. The molecular weight excluding hydrogens is 370 g/mol. The van der Waals surface area contributed by atoms with Crippen LogP contribution in [0.25, 0.3) is 0 Å². The van der Waals surface area contributed by atoms with Crippen LogP contribution in [0.4, 0.5) is 4.79 Å². The van der Waals surface area contributed by atoms with Crippen LogP contribution >= 0.6 is 0 Å². The van der Waals surface area contributed by atoms with Gasteiger partial charge in [0.15, 0.2) is 5.96 Å².